The number of fused-ring (bicyclic) bond motifs is 1. The summed E-state index contributed by atoms with van der Waals surface area (Å²) < 4.78 is 5.27. The normalized spacial score (nSPS) is 16.6. The molecule has 1 amide bonds. The van der Waals surface area contributed by atoms with E-state index in [2.05, 4.69) is 11.4 Å². The minimum atomic E-state index is -1.01. The van der Waals surface area contributed by atoms with Crippen LogP contribution in [0.5, 0.6) is 0 Å². The summed E-state index contributed by atoms with van der Waals surface area (Å²) in [5.41, 5.74) is 2.44. The average molecular weight is 382 g/mol. The van der Waals surface area contributed by atoms with E-state index in [-0.39, 0.29) is 22.9 Å². The van der Waals surface area contributed by atoms with Crippen LogP contribution in [0.15, 0.2) is 42.5 Å². The highest BCUT2D eigenvalue weighted by atomic mass is 16.6. The molecule has 0 spiro atoms. The lowest BCUT2D eigenvalue weighted by molar-refractivity contribution is -0.385. The maximum absolute atomic E-state index is 12.6. The molecule has 1 aliphatic rings. The molecule has 0 saturated carbocycles. The van der Waals surface area contributed by atoms with Crippen LogP contribution in [0.1, 0.15) is 52.9 Å². The molecule has 2 atom stereocenters. The molecule has 7 heteroatoms. The van der Waals surface area contributed by atoms with Crippen molar-refractivity contribution >= 4 is 17.6 Å². The Kier molecular flexibility index (Phi) is 5.73. The quantitative estimate of drug-likeness (QED) is 0.484. The van der Waals surface area contributed by atoms with Crippen LogP contribution >= 0.6 is 0 Å². The first-order chi connectivity index (χ1) is 13.4. The highest BCUT2D eigenvalue weighted by molar-refractivity contribution is 5.94. The van der Waals surface area contributed by atoms with Gasteiger partial charge in [-0.25, -0.2) is 4.79 Å². The minimum absolute atomic E-state index is 0.0804. The van der Waals surface area contributed by atoms with Crippen LogP contribution in [0.4, 0.5) is 5.69 Å². The van der Waals surface area contributed by atoms with Crippen LogP contribution < -0.4 is 5.32 Å². The van der Waals surface area contributed by atoms with Gasteiger partial charge in [0.1, 0.15) is 0 Å². The largest absolute Gasteiger partial charge is 0.449 e. The molecule has 0 aromatic heterocycles. The number of rotatable bonds is 5. The first kappa shape index (κ1) is 19.5. The number of amides is 1. The number of nitrogens with one attached hydrogen (secondary N) is 1. The topological polar surface area (TPSA) is 98.5 Å². The van der Waals surface area contributed by atoms with Gasteiger partial charge in [0.2, 0.25) is 0 Å². The first-order valence-electron chi connectivity index (χ1n) is 9.21. The zero-order chi connectivity index (χ0) is 20.3. The second kappa shape index (κ2) is 8.21. The number of ether oxygens (including phenoxy) is 1. The molecule has 0 unspecified atom stereocenters. The summed E-state index contributed by atoms with van der Waals surface area (Å²) in [4.78, 5) is 35.5. The molecule has 3 rings (SSSR count). The molecular weight excluding hydrogens is 360 g/mol. The monoisotopic (exact) mass is 382 g/mol. The van der Waals surface area contributed by atoms with E-state index in [9.17, 15) is 19.7 Å². The number of carbonyl (C=O) groups is 2. The van der Waals surface area contributed by atoms with Crippen molar-refractivity contribution in [3.05, 3.63) is 74.8 Å². The number of hydrogen-bond donors (Lipinski definition) is 1. The summed E-state index contributed by atoms with van der Waals surface area (Å²) in [6.07, 6.45) is 1.77. The number of benzene rings is 2. The van der Waals surface area contributed by atoms with Crippen molar-refractivity contribution in [1.29, 1.82) is 0 Å². The van der Waals surface area contributed by atoms with Gasteiger partial charge < -0.3 is 10.1 Å². The lowest BCUT2D eigenvalue weighted by atomic mass is 9.87. The van der Waals surface area contributed by atoms with Crippen LogP contribution in [0.2, 0.25) is 0 Å². The lowest BCUT2D eigenvalue weighted by Gasteiger charge is -2.27. The van der Waals surface area contributed by atoms with Gasteiger partial charge in [-0.05, 0) is 50.3 Å². The van der Waals surface area contributed by atoms with Gasteiger partial charge in [0, 0.05) is 11.6 Å². The Bertz CT molecular complexity index is 925. The van der Waals surface area contributed by atoms with E-state index >= 15 is 0 Å². The van der Waals surface area contributed by atoms with E-state index in [1.54, 1.807) is 0 Å². The zero-order valence-electron chi connectivity index (χ0n) is 15.8. The summed E-state index contributed by atoms with van der Waals surface area (Å²) in [6.45, 7) is 2.98. The molecule has 0 radical (unpaired) electrons. The van der Waals surface area contributed by atoms with Crippen LogP contribution in [0.25, 0.3) is 0 Å². The van der Waals surface area contributed by atoms with E-state index in [1.807, 2.05) is 18.2 Å². The zero-order valence-corrected chi connectivity index (χ0v) is 15.8. The number of carbonyl (C=O) groups excluding carboxylic acids is 2. The van der Waals surface area contributed by atoms with E-state index in [0.29, 0.717) is 0 Å². The third-order valence-electron chi connectivity index (χ3n) is 5.06. The van der Waals surface area contributed by atoms with Gasteiger partial charge in [-0.15, -0.1) is 0 Å². The third-order valence-corrected chi connectivity index (χ3v) is 5.06. The summed E-state index contributed by atoms with van der Waals surface area (Å²) in [5.74, 6) is -1.15. The molecule has 0 aliphatic heterocycles. The molecule has 146 valence electrons. The van der Waals surface area contributed by atoms with Gasteiger partial charge in [0.15, 0.2) is 6.10 Å². The van der Waals surface area contributed by atoms with Gasteiger partial charge in [-0.2, -0.15) is 0 Å². The Morgan fingerprint density at radius 2 is 1.96 bits per heavy atom. The second-order valence-corrected chi connectivity index (χ2v) is 6.91. The number of aryl methyl sites for hydroxylation is 1. The Morgan fingerprint density at radius 3 is 2.71 bits per heavy atom. The summed E-state index contributed by atoms with van der Waals surface area (Å²) in [5, 5.41) is 14.0. The summed E-state index contributed by atoms with van der Waals surface area (Å²) in [7, 11) is 0. The van der Waals surface area contributed by atoms with E-state index in [0.717, 1.165) is 24.8 Å². The van der Waals surface area contributed by atoms with E-state index < -0.39 is 22.9 Å². The Morgan fingerprint density at radius 1 is 1.21 bits per heavy atom. The number of nitro benzene ring substituents is 1. The maximum atomic E-state index is 12.6. The highest BCUT2D eigenvalue weighted by Gasteiger charge is 2.27. The van der Waals surface area contributed by atoms with Gasteiger partial charge in [0.25, 0.3) is 11.6 Å². The van der Waals surface area contributed by atoms with Crippen LogP contribution in [-0.4, -0.2) is 22.9 Å². The number of esters is 1. The fourth-order valence-electron chi connectivity index (χ4n) is 3.51. The molecule has 0 fully saturated rings. The second-order valence-electron chi connectivity index (χ2n) is 6.91. The summed E-state index contributed by atoms with van der Waals surface area (Å²) >= 11 is 0. The minimum Gasteiger partial charge on any atom is -0.449 e. The molecule has 28 heavy (non-hydrogen) atoms. The average Bonchev–Trinajstić information content (AvgIpc) is 2.68. The fraction of sp³-hybridized carbons (Fsp3) is 0.333. The predicted octanol–water partition coefficient (Wildman–Crippen LogP) is 3.64. The first-order valence-corrected chi connectivity index (χ1v) is 9.21. The lowest BCUT2D eigenvalue weighted by Crippen LogP contribution is -2.39. The molecule has 0 heterocycles. The molecule has 2 aromatic rings. The summed E-state index contributed by atoms with van der Waals surface area (Å²) in [6, 6.07) is 12.1. The number of hydrogen-bond acceptors (Lipinski definition) is 5. The van der Waals surface area contributed by atoms with E-state index in [1.165, 1.54) is 37.6 Å². The van der Waals surface area contributed by atoms with Crippen LogP contribution in [0, 0.1) is 17.0 Å². The van der Waals surface area contributed by atoms with E-state index in [4.69, 9.17) is 4.74 Å². The predicted molar refractivity (Wildman–Crippen MR) is 103 cm³/mol. The van der Waals surface area contributed by atoms with Crippen molar-refractivity contribution in [3.63, 3.8) is 0 Å². The number of nitro groups is 1. The fourth-order valence-corrected chi connectivity index (χ4v) is 3.51. The SMILES string of the molecule is Cc1c(C(=O)O[C@H](C)C(=O)N[C@@H]2CCCc3ccccc32)cccc1[N+](=O)[O-]. The Balaban J connectivity index is 1.68. The van der Waals surface area contributed by atoms with Gasteiger partial charge in [0.05, 0.1) is 16.5 Å². The molecule has 1 N–H and O–H groups in total. The molecule has 1 aliphatic carbocycles. The molecule has 7 nitrogen and oxygen atoms in total. The van der Waals surface area contributed by atoms with Gasteiger partial charge >= 0.3 is 5.97 Å². The van der Waals surface area contributed by atoms with Crippen molar-refractivity contribution < 1.29 is 19.2 Å². The van der Waals surface area contributed by atoms with Gasteiger partial charge in [-0.1, -0.05) is 30.3 Å². The smallest absolute Gasteiger partial charge is 0.339 e. The van der Waals surface area contributed by atoms with Crippen molar-refractivity contribution in [2.24, 2.45) is 0 Å². The van der Waals surface area contributed by atoms with Crippen molar-refractivity contribution in [2.45, 2.75) is 45.3 Å². The molecule has 0 bridgehead atoms. The third kappa shape index (κ3) is 4.03. The van der Waals surface area contributed by atoms with Crippen molar-refractivity contribution in [1.82, 2.24) is 5.32 Å². The van der Waals surface area contributed by atoms with Gasteiger partial charge in [-0.3, -0.25) is 14.9 Å². The van der Waals surface area contributed by atoms with Crippen LogP contribution in [0.3, 0.4) is 0 Å². The van der Waals surface area contributed by atoms with Crippen molar-refractivity contribution in [2.75, 3.05) is 0 Å². The van der Waals surface area contributed by atoms with Crippen LogP contribution in [-0.2, 0) is 16.0 Å². The van der Waals surface area contributed by atoms with Crippen molar-refractivity contribution in [3.8, 4) is 0 Å². The molecular formula is C21H22N2O5. The maximum Gasteiger partial charge on any atom is 0.339 e. The highest BCUT2D eigenvalue weighted by Crippen LogP contribution is 2.29. The number of nitrogens with zero attached hydrogens (tertiary/aromatic N) is 1. The standard InChI is InChI=1S/C21H22N2O5/c1-13-16(10-6-12-19(13)23(26)27)21(25)28-14(2)20(24)22-18-11-5-8-15-7-3-4-9-17(15)18/h3-4,6-7,9-10,12,14,18H,5,8,11H2,1-2H3,(H,22,24)/t14-,18-/m1/s1. The molecule has 2 aromatic carbocycles. The Hall–Kier alpha value is -3.22. The molecule has 0 saturated heterocycles. The Labute approximate surface area is 162 Å².